The number of nitrogens with one attached hydrogen (secondary N) is 1. The van der Waals surface area contributed by atoms with E-state index in [1.807, 2.05) is 6.08 Å². The Morgan fingerprint density at radius 2 is 2.00 bits per heavy atom. The van der Waals surface area contributed by atoms with E-state index in [2.05, 4.69) is 49.5 Å². The van der Waals surface area contributed by atoms with Gasteiger partial charge in [0.05, 0.1) is 19.8 Å². The highest BCUT2D eigenvalue weighted by molar-refractivity contribution is 5.79. The van der Waals surface area contributed by atoms with Gasteiger partial charge in [-0.3, -0.25) is 9.89 Å². The van der Waals surface area contributed by atoms with Crippen LogP contribution in [-0.4, -0.2) is 74.3 Å². The summed E-state index contributed by atoms with van der Waals surface area (Å²) in [5.74, 6) is 1.02. The van der Waals surface area contributed by atoms with E-state index in [-0.39, 0.29) is 5.54 Å². The van der Waals surface area contributed by atoms with Crippen LogP contribution in [0, 0.1) is 0 Å². The molecule has 1 aliphatic heterocycles. The Kier molecular flexibility index (Phi) is 10.0. The molecule has 0 bridgehead atoms. The summed E-state index contributed by atoms with van der Waals surface area (Å²) in [6.07, 6.45) is 6.79. The summed E-state index contributed by atoms with van der Waals surface area (Å²) in [5.41, 5.74) is 0.0647. The SMILES string of the molecule is C=CCCCCCN(C)C(=NCC(C)(C)N1CCOCC1)NCC. The molecule has 1 N–H and O–H groups in total. The number of unbranched alkanes of at least 4 members (excludes halogenated alkanes) is 3. The molecule has 0 unspecified atom stereocenters. The van der Waals surface area contributed by atoms with Gasteiger partial charge in [0.1, 0.15) is 0 Å². The van der Waals surface area contributed by atoms with Crippen molar-refractivity contribution in [2.75, 3.05) is 53.0 Å². The van der Waals surface area contributed by atoms with Crippen LogP contribution in [-0.2, 0) is 4.74 Å². The summed E-state index contributed by atoms with van der Waals surface area (Å²) in [4.78, 5) is 9.65. The zero-order valence-corrected chi connectivity index (χ0v) is 16.3. The van der Waals surface area contributed by atoms with Gasteiger partial charge < -0.3 is 15.0 Å². The molecule has 1 saturated heterocycles. The lowest BCUT2D eigenvalue weighted by atomic mass is 10.0. The predicted octanol–water partition coefficient (Wildman–Crippen LogP) is 2.74. The predicted molar refractivity (Wildman–Crippen MR) is 104 cm³/mol. The molecular formula is C19H38N4O. The Bertz CT molecular complexity index is 376. The van der Waals surface area contributed by atoms with Gasteiger partial charge in [0.15, 0.2) is 5.96 Å². The molecule has 0 aromatic rings. The second kappa shape index (κ2) is 11.5. The molecule has 0 radical (unpaired) electrons. The minimum atomic E-state index is 0.0647. The fraction of sp³-hybridized carbons (Fsp3) is 0.842. The third kappa shape index (κ3) is 7.67. The molecule has 1 rings (SSSR count). The van der Waals surface area contributed by atoms with Gasteiger partial charge in [-0.25, -0.2) is 0 Å². The molecule has 24 heavy (non-hydrogen) atoms. The Labute approximate surface area is 149 Å². The first kappa shape index (κ1) is 21.0. The lowest BCUT2D eigenvalue weighted by Gasteiger charge is -2.40. The minimum Gasteiger partial charge on any atom is -0.379 e. The van der Waals surface area contributed by atoms with Crippen molar-refractivity contribution >= 4 is 5.96 Å². The molecule has 5 nitrogen and oxygen atoms in total. The largest absolute Gasteiger partial charge is 0.379 e. The van der Waals surface area contributed by atoms with E-state index in [9.17, 15) is 0 Å². The van der Waals surface area contributed by atoms with Crippen molar-refractivity contribution in [2.24, 2.45) is 4.99 Å². The molecule has 0 aromatic carbocycles. The number of nitrogens with zero attached hydrogens (tertiary/aromatic N) is 3. The van der Waals surface area contributed by atoms with Crippen molar-refractivity contribution in [3.05, 3.63) is 12.7 Å². The van der Waals surface area contributed by atoms with Gasteiger partial charge in [-0.2, -0.15) is 0 Å². The molecule has 0 aromatic heterocycles. The first-order valence-corrected chi connectivity index (χ1v) is 9.44. The average Bonchev–Trinajstić information content (AvgIpc) is 2.59. The van der Waals surface area contributed by atoms with Crippen molar-refractivity contribution in [3.63, 3.8) is 0 Å². The van der Waals surface area contributed by atoms with Crippen LogP contribution in [0.25, 0.3) is 0 Å². The summed E-state index contributed by atoms with van der Waals surface area (Å²) < 4.78 is 5.47. The summed E-state index contributed by atoms with van der Waals surface area (Å²) in [7, 11) is 2.14. The maximum atomic E-state index is 5.47. The molecule has 0 spiro atoms. The van der Waals surface area contributed by atoms with Crippen molar-refractivity contribution in [2.45, 2.75) is 52.0 Å². The molecule has 1 heterocycles. The number of hydrogen-bond acceptors (Lipinski definition) is 3. The van der Waals surface area contributed by atoms with Gasteiger partial charge >= 0.3 is 0 Å². The summed E-state index contributed by atoms with van der Waals surface area (Å²) in [6.45, 7) is 16.9. The fourth-order valence-electron chi connectivity index (χ4n) is 2.93. The first-order chi connectivity index (χ1) is 11.5. The molecular weight excluding hydrogens is 300 g/mol. The van der Waals surface area contributed by atoms with E-state index < -0.39 is 0 Å². The number of guanidine groups is 1. The Balaban J connectivity index is 2.51. The minimum absolute atomic E-state index is 0.0647. The highest BCUT2D eigenvalue weighted by Crippen LogP contribution is 2.16. The van der Waals surface area contributed by atoms with Crippen LogP contribution >= 0.6 is 0 Å². The summed E-state index contributed by atoms with van der Waals surface area (Å²) in [5, 5.41) is 3.43. The van der Waals surface area contributed by atoms with Gasteiger partial charge in [-0.15, -0.1) is 6.58 Å². The lowest BCUT2D eigenvalue weighted by Crippen LogP contribution is -2.52. The van der Waals surface area contributed by atoms with Crippen LogP contribution in [0.4, 0.5) is 0 Å². The molecule has 0 atom stereocenters. The second-order valence-electron chi connectivity index (χ2n) is 7.14. The van der Waals surface area contributed by atoms with Crippen molar-refractivity contribution in [3.8, 4) is 0 Å². The number of rotatable bonds is 10. The molecule has 1 fully saturated rings. The summed E-state index contributed by atoms with van der Waals surface area (Å²) in [6, 6.07) is 0. The fourth-order valence-corrected chi connectivity index (χ4v) is 2.93. The highest BCUT2D eigenvalue weighted by atomic mass is 16.5. The van der Waals surface area contributed by atoms with Gasteiger partial charge in [0, 0.05) is 38.8 Å². The maximum absolute atomic E-state index is 5.47. The van der Waals surface area contributed by atoms with Crippen LogP contribution in [0.2, 0.25) is 0 Å². The van der Waals surface area contributed by atoms with E-state index in [1.165, 1.54) is 19.3 Å². The van der Waals surface area contributed by atoms with Crippen LogP contribution in [0.1, 0.15) is 46.5 Å². The van der Waals surface area contributed by atoms with E-state index in [4.69, 9.17) is 9.73 Å². The zero-order chi connectivity index (χ0) is 17.8. The van der Waals surface area contributed by atoms with Crippen LogP contribution in [0.5, 0.6) is 0 Å². The van der Waals surface area contributed by atoms with Crippen LogP contribution in [0.15, 0.2) is 17.6 Å². The third-order valence-corrected chi connectivity index (χ3v) is 4.58. The number of hydrogen-bond donors (Lipinski definition) is 1. The van der Waals surface area contributed by atoms with Gasteiger partial charge in [-0.1, -0.05) is 12.5 Å². The smallest absolute Gasteiger partial charge is 0.193 e. The zero-order valence-electron chi connectivity index (χ0n) is 16.3. The molecule has 1 aliphatic rings. The van der Waals surface area contributed by atoms with E-state index in [0.717, 1.165) is 58.3 Å². The molecule has 0 aliphatic carbocycles. The molecule has 140 valence electrons. The Hall–Kier alpha value is -1.07. The number of ether oxygens (including phenoxy) is 1. The Morgan fingerprint density at radius 3 is 2.62 bits per heavy atom. The van der Waals surface area contributed by atoms with E-state index in [1.54, 1.807) is 0 Å². The van der Waals surface area contributed by atoms with Crippen molar-refractivity contribution in [1.82, 2.24) is 15.1 Å². The van der Waals surface area contributed by atoms with Crippen LogP contribution in [0.3, 0.4) is 0 Å². The standard InChI is InChI=1S/C19H38N4O/c1-6-8-9-10-11-12-22(5)18(20-7-2)21-17-19(3,4)23-13-15-24-16-14-23/h6H,1,7-17H2,2-5H3,(H,20,21). The van der Waals surface area contributed by atoms with E-state index >= 15 is 0 Å². The maximum Gasteiger partial charge on any atom is 0.193 e. The molecule has 5 heteroatoms. The average molecular weight is 339 g/mol. The third-order valence-electron chi connectivity index (χ3n) is 4.58. The van der Waals surface area contributed by atoms with Crippen molar-refractivity contribution < 1.29 is 4.74 Å². The van der Waals surface area contributed by atoms with Gasteiger partial charge in [0.2, 0.25) is 0 Å². The second-order valence-corrected chi connectivity index (χ2v) is 7.14. The van der Waals surface area contributed by atoms with Gasteiger partial charge in [0.25, 0.3) is 0 Å². The quantitative estimate of drug-likeness (QED) is 0.288. The summed E-state index contributed by atoms with van der Waals surface area (Å²) >= 11 is 0. The highest BCUT2D eigenvalue weighted by Gasteiger charge is 2.28. The Morgan fingerprint density at radius 1 is 1.29 bits per heavy atom. The lowest BCUT2D eigenvalue weighted by molar-refractivity contribution is -0.00688. The van der Waals surface area contributed by atoms with Crippen LogP contribution < -0.4 is 5.32 Å². The molecule has 0 amide bonds. The monoisotopic (exact) mass is 338 g/mol. The van der Waals surface area contributed by atoms with Crippen molar-refractivity contribution in [1.29, 1.82) is 0 Å². The van der Waals surface area contributed by atoms with Gasteiger partial charge in [-0.05, 0) is 40.0 Å². The normalized spacial score (nSPS) is 16.9. The van der Waals surface area contributed by atoms with E-state index in [0.29, 0.717) is 0 Å². The topological polar surface area (TPSA) is 40.1 Å². The number of allylic oxidation sites excluding steroid dienone is 1. The number of aliphatic imine (C=N–C) groups is 1. The first-order valence-electron chi connectivity index (χ1n) is 9.44. The molecule has 0 saturated carbocycles. The number of morpholine rings is 1.